The summed E-state index contributed by atoms with van der Waals surface area (Å²) in [6, 6.07) is 2.84. The van der Waals surface area contributed by atoms with E-state index in [0.29, 0.717) is 27.9 Å². The highest BCUT2D eigenvalue weighted by Crippen LogP contribution is 2.29. The first-order valence-corrected chi connectivity index (χ1v) is 5.07. The van der Waals surface area contributed by atoms with Crippen LogP contribution < -0.4 is 0 Å². The molecule has 0 amide bonds. The van der Waals surface area contributed by atoms with Crippen molar-refractivity contribution in [1.29, 1.82) is 0 Å². The molecule has 0 spiro atoms. The number of rotatable bonds is 3. The van der Waals surface area contributed by atoms with Crippen molar-refractivity contribution in [2.24, 2.45) is 0 Å². The highest BCUT2D eigenvalue weighted by Gasteiger charge is 2.09. The van der Waals surface area contributed by atoms with Crippen LogP contribution in [-0.4, -0.2) is 11.7 Å². The molecule has 72 valence electrons. The topological polar surface area (TPSA) is 20.2 Å². The van der Waals surface area contributed by atoms with Crippen LogP contribution in [0.1, 0.15) is 12.0 Å². The lowest BCUT2D eigenvalue weighted by Gasteiger charge is -2.06. The van der Waals surface area contributed by atoms with Crippen molar-refractivity contribution in [2.45, 2.75) is 12.8 Å². The highest BCUT2D eigenvalue weighted by molar-refractivity contribution is 9.10. The fourth-order valence-electron chi connectivity index (χ4n) is 1.05. The number of aliphatic hydroxyl groups is 1. The van der Waals surface area contributed by atoms with Gasteiger partial charge in [-0.05, 0) is 40.9 Å². The second-order valence-electron chi connectivity index (χ2n) is 2.65. The summed E-state index contributed by atoms with van der Waals surface area (Å²) in [5.41, 5.74) is 0.529. The Morgan fingerprint density at radius 3 is 2.77 bits per heavy atom. The minimum atomic E-state index is -0.287. The van der Waals surface area contributed by atoms with Crippen LogP contribution in [0.5, 0.6) is 0 Å². The zero-order valence-electron chi connectivity index (χ0n) is 6.86. The Morgan fingerprint density at radius 2 is 2.15 bits per heavy atom. The van der Waals surface area contributed by atoms with Crippen molar-refractivity contribution in [3.8, 4) is 0 Å². The first-order chi connectivity index (χ1) is 6.16. The maximum atomic E-state index is 13.2. The molecule has 0 saturated heterocycles. The molecule has 4 heteroatoms. The minimum absolute atomic E-state index is 0.0540. The van der Waals surface area contributed by atoms with Gasteiger partial charge in [0.25, 0.3) is 0 Å². The minimum Gasteiger partial charge on any atom is -0.396 e. The lowest BCUT2D eigenvalue weighted by atomic mass is 10.1. The van der Waals surface area contributed by atoms with Gasteiger partial charge in [0.15, 0.2) is 0 Å². The molecule has 0 aliphatic carbocycles. The molecule has 1 nitrogen and oxygen atoms in total. The summed E-state index contributed by atoms with van der Waals surface area (Å²) >= 11 is 9.00. The Labute approximate surface area is 89.7 Å². The van der Waals surface area contributed by atoms with Gasteiger partial charge in [0.1, 0.15) is 5.82 Å². The second kappa shape index (κ2) is 4.94. The Morgan fingerprint density at radius 1 is 1.46 bits per heavy atom. The molecular formula is C9H9BrClFO. The maximum Gasteiger partial charge on any atom is 0.127 e. The van der Waals surface area contributed by atoms with E-state index in [0.717, 1.165) is 0 Å². The summed E-state index contributed by atoms with van der Waals surface area (Å²) in [6.45, 7) is 0.0540. The molecule has 1 rings (SSSR count). The lowest BCUT2D eigenvalue weighted by molar-refractivity contribution is 0.288. The Balaban J connectivity index is 2.96. The van der Waals surface area contributed by atoms with Crippen molar-refractivity contribution in [1.82, 2.24) is 0 Å². The molecule has 0 fully saturated rings. The quantitative estimate of drug-likeness (QED) is 0.834. The molecule has 0 bridgehead atoms. The van der Waals surface area contributed by atoms with Crippen molar-refractivity contribution in [2.75, 3.05) is 6.61 Å². The van der Waals surface area contributed by atoms with E-state index in [1.54, 1.807) is 0 Å². The van der Waals surface area contributed by atoms with Gasteiger partial charge in [-0.25, -0.2) is 4.39 Å². The molecule has 13 heavy (non-hydrogen) atoms. The summed E-state index contributed by atoms with van der Waals surface area (Å²) < 4.78 is 13.8. The van der Waals surface area contributed by atoms with Gasteiger partial charge in [-0.15, -0.1) is 0 Å². The molecule has 0 aliphatic rings. The van der Waals surface area contributed by atoms with Gasteiger partial charge in [-0.2, -0.15) is 0 Å². The van der Waals surface area contributed by atoms with Crippen molar-refractivity contribution in [3.05, 3.63) is 33.0 Å². The number of aliphatic hydroxyl groups excluding tert-OH is 1. The molecular weight excluding hydrogens is 258 g/mol. The fourth-order valence-corrected chi connectivity index (χ4v) is 1.75. The molecule has 1 N–H and O–H groups in total. The Hall–Kier alpha value is -0.120. The van der Waals surface area contributed by atoms with E-state index in [2.05, 4.69) is 15.9 Å². The first-order valence-electron chi connectivity index (χ1n) is 3.90. The third kappa shape index (κ3) is 2.66. The number of hydrogen-bond donors (Lipinski definition) is 1. The number of halogens is 3. The molecule has 0 radical (unpaired) electrons. The Bertz CT molecular complexity index is 304. The van der Waals surface area contributed by atoms with Gasteiger partial charge in [0.05, 0.1) is 5.02 Å². The third-order valence-electron chi connectivity index (χ3n) is 1.72. The van der Waals surface area contributed by atoms with E-state index >= 15 is 0 Å². The van der Waals surface area contributed by atoms with Gasteiger partial charge in [0.2, 0.25) is 0 Å². The summed E-state index contributed by atoms with van der Waals surface area (Å²) in [5.74, 6) is -0.287. The average molecular weight is 268 g/mol. The summed E-state index contributed by atoms with van der Waals surface area (Å²) in [6.07, 6.45) is 1.03. The molecule has 0 saturated carbocycles. The van der Waals surface area contributed by atoms with Gasteiger partial charge < -0.3 is 5.11 Å². The second-order valence-corrected chi connectivity index (χ2v) is 3.85. The fraction of sp³-hybridized carbons (Fsp3) is 0.333. The smallest absolute Gasteiger partial charge is 0.127 e. The number of benzene rings is 1. The van der Waals surface area contributed by atoms with Crippen molar-refractivity contribution in [3.63, 3.8) is 0 Å². The molecule has 0 aliphatic heterocycles. The van der Waals surface area contributed by atoms with Gasteiger partial charge in [-0.3, -0.25) is 0 Å². The SMILES string of the molecule is OCCCc1c(F)ccc(Cl)c1Br. The monoisotopic (exact) mass is 266 g/mol. The summed E-state index contributed by atoms with van der Waals surface area (Å²) in [4.78, 5) is 0. The van der Waals surface area contributed by atoms with Crippen LogP contribution in [-0.2, 0) is 6.42 Å². The molecule has 0 unspecified atom stereocenters. The highest BCUT2D eigenvalue weighted by atomic mass is 79.9. The van der Waals surface area contributed by atoms with Crippen LogP contribution in [0.4, 0.5) is 4.39 Å². The van der Waals surface area contributed by atoms with E-state index in [1.807, 2.05) is 0 Å². The summed E-state index contributed by atoms with van der Waals surface area (Å²) in [7, 11) is 0. The molecule has 0 aromatic heterocycles. The Kier molecular flexibility index (Phi) is 4.16. The molecule has 0 heterocycles. The van der Waals surface area contributed by atoms with Gasteiger partial charge in [0, 0.05) is 16.6 Å². The van der Waals surface area contributed by atoms with Crippen LogP contribution in [0, 0.1) is 5.82 Å². The van der Waals surface area contributed by atoms with E-state index < -0.39 is 0 Å². The zero-order valence-corrected chi connectivity index (χ0v) is 9.20. The predicted molar refractivity (Wildman–Crippen MR) is 54.5 cm³/mol. The maximum absolute atomic E-state index is 13.2. The van der Waals surface area contributed by atoms with Crippen LogP contribution in [0.3, 0.4) is 0 Å². The van der Waals surface area contributed by atoms with Crippen molar-refractivity contribution >= 4 is 27.5 Å². The van der Waals surface area contributed by atoms with E-state index in [-0.39, 0.29) is 12.4 Å². The van der Waals surface area contributed by atoms with Crippen LogP contribution >= 0.6 is 27.5 Å². The molecule has 1 aromatic rings. The van der Waals surface area contributed by atoms with Gasteiger partial charge >= 0.3 is 0 Å². The van der Waals surface area contributed by atoms with Crippen LogP contribution in [0.2, 0.25) is 5.02 Å². The zero-order chi connectivity index (χ0) is 9.84. The average Bonchev–Trinajstić information content (AvgIpc) is 2.12. The lowest BCUT2D eigenvalue weighted by Crippen LogP contribution is -1.95. The van der Waals surface area contributed by atoms with E-state index in [9.17, 15) is 4.39 Å². The van der Waals surface area contributed by atoms with E-state index in [4.69, 9.17) is 16.7 Å². The van der Waals surface area contributed by atoms with E-state index in [1.165, 1.54) is 12.1 Å². The first kappa shape index (κ1) is 11.0. The largest absolute Gasteiger partial charge is 0.396 e. The normalized spacial score (nSPS) is 10.5. The predicted octanol–water partition coefficient (Wildman–Crippen LogP) is 3.17. The number of hydrogen-bond acceptors (Lipinski definition) is 1. The standard InChI is InChI=1S/C9H9BrClFO/c10-9-6(2-1-5-13)8(12)4-3-7(9)11/h3-4,13H,1-2,5H2. The van der Waals surface area contributed by atoms with Gasteiger partial charge in [-0.1, -0.05) is 11.6 Å². The molecule has 1 aromatic carbocycles. The third-order valence-corrected chi connectivity index (χ3v) is 3.17. The van der Waals surface area contributed by atoms with Crippen molar-refractivity contribution < 1.29 is 9.50 Å². The molecule has 0 atom stereocenters. The summed E-state index contributed by atoms with van der Waals surface area (Å²) in [5, 5.41) is 9.10. The van der Waals surface area contributed by atoms with Crippen LogP contribution in [0.15, 0.2) is 16.6 Å². The van der Waals surface area contributed by atoms with Crippen LogP contribution in [0.25, 0.3) is 0 Å².